The van der Waals surface area contributed by atoms with Crippen molar-refractivity contribution < 1.29 is 24.6 Å². The number of aliphatic carboxylic acids is 1. The van der Waals surface area contributed by atoms with E-state index in [9.17, 15) is 19.5 Å². The van der Waals surface area contributed by atoms with E-state index in [1.807, 2.05) is 6.08 Å². The second kappa shape index (κ2) is 14.6. The first-order valence-corrected chi connectivity index (χ1v) is 9.11. The molecule has 0 rings (SSSR count). The Morgan fingerprint density at radius 2 is 1.80 bits per heavy atom. The van der Waals surface area contributed by atoms with Gasteiger partial charge in [-0.25, -0.2) is 0 Å². The summed E-state index contributed by atoms with van der Waals surface area (Å²) in [5, 5.41) is 18.5. The number of rotatable bonds is 15. The third kappa shape index (κ3) is 12.3. The highest BCUT2D eigenvalue weighted by Gasteiger charge is 2.22. The normalized spacial score (nSPS) is 15.3. The van der Waals surface area contributed by atoms with Crippen LogP contribution >= 0.6 is 0 Å². The van der Waals surface area contributed by atoms with Crippen LogP contribution in [0.4, 0.5) is 0 Å². The number of unbranched alkanes of at least 4 members (excludes halogenated alkanes) is 3. The van der Waals surface area contributed by atoms with E-state index in [4.69, 9.17) is 5.11 Å². The van der Waals surface area contributed by atoms with Crippen LogP contribution < -0.4 is 0 Å². The average Bonchev–Trinajstić information content (AvgIpc) is 2.56. The number of hydrogen-bond acceptors (Lipinski definition) is 4. The van der Waals surface area contributed by atoms with Gasteiger partial charge in [0.25, 0.3) is 0 Å². The summed E-state index contributed by atoms with van der Waals surface area (Å²) in [6, 6.07) is 0. The monoisotopic (exact) mass is 352 g/mol. The lowest BCUT2D eigenvalue weighted by Crippen LogP contribution is -2.22. The molecule has 0 amide bonds. The van der Waals surface area contributed by atoms with Gasteiger partial charge in [0.2, 0.25) is 0 Å². The molecule has 0 aromatic rings. The number of ketones is 1. The lowest BCUT2D eigenvalue weighted by Gasteiger charge is -2.17. The Hall–Kier alpha value is -1.75. The highest BCUT2D eigenvalue weighted by Crippen LogP contribution is 2.20. The van der Waals surface area contributed by atoms with Gasteiger partial charge in [-0.15, -0.1) is 0 Å². The van der Waals surface area contributed by atoms with Crippen molar-refractivity contribution in [3.63, 3.8) is 0 Å². The second-order valence-corrected chi connectivity index (χ2v) is 6.38. The van der Waals surface area contributed by atoms with Gasteiger partial charge < -0.3 is 15.0 Å². The van der Waals surface area contributed by atoms with E-state index in [2.05, 4.69) is 6.92 Å². The Kier molecular flexibility index (Phi) is 13.6. The number of carbonyl (C=O) groups is 3. The molecule has 5 nitrogen and oxygen atoms in total. The lowest BCUT2D eigenvalue weighted by atomic mass is 9.85. The zero-order valence-corrected chi connectivity index (χ0v) is 15.4. The minimum absolute atomic E-state index is 0.0683. The van der Waals surface area contributed by atoms with E-state index >= 15 is 0 Å². The number of carboxylic acids is 1. The third-order valence-corrected chi connectivity index (χ3v) is 4.09. The number of aliphatic hydroxyl groups is 1. The number of aliphatic hydroxyl groups excluding tert-OH is 1. The molecular weight excluding hydrogens is 320 g/mol. The number of hydrogen-bond donors (Lipinski definition) is 2. The summed E-state index contributed by atoms with van der Waals surface area (Å²) in [4.78, 5) is 33.5. The highest BCUT2D eigenvalue weighted by atomic mass is 16.4. The molecule has 0 aromatic heterocycles. The number of allylic oxidation sites excluding steroid dienone is 2. The van der Waals surface area contributed by atoms with Crippen LogP contribution in [0.2, 0.25) is 0 Å². The van der Waals surface area contributed by atoms with Gasteiger partial charge in [0.1, 0.15) is 12.1 Å². The first-order chi connectivity index (χ1) is 11.9. The molecule has 5 heteroatoms. The minimum Gasteiger partial charge on any atom is -0.481 e. The molecule has 0 spiro atoms. The Bertz CT molecular complexity index is 453. The van der Waals surface area contributed by atoms with Crippen molar-refractivity contribution in [2.24, 2.45) is 11.8 Å². The van der Waals surface area contributed by atoms with Crippen molar-refractivity contribution in [1.82, 2.24) is 0 Å². The number of Topliss-reactive ketones (excluding diaryl/α,β-unsaturated/α-hetero) is 1. The molecule has 0 heterocycles. The molecule has 0 saturated heterocycles. The molecule has 0 aliphatic carbocycles. The zero-order valence-electron chi connectivity index (χ0n) is 15.4. The van der Waals surface area contributed by atoms with Gasteiger partial charge in [0.15, 0.2) is 0 Å². The van der Waals surface area contributed by atoms with Gasteiger partial charge in [-0.05, 0) is 32.6 Å². The number of carbonyl (C=O) groups excluding carboxylic acids is 2. The predicted octanol–water partition coefficient (Wildman–Crippen LogP) is 3.71. The molecule has 0 unspecified atom stereocenters. The second-order valence-electron chi connectivity index (χ2n) is 6.38. The number of carboxylic acid groups (broad SMARTS) is 1. The van der Waals surface area contributed by atoms with Crippen molar-refractivity contribution in [3.05, 3.63) is 24.3 Å². The smallest absolute Gasteiger partial charge is 0.303 e. The molecule has 0 saturated carbocycles. The fraction of sp³-hybridized carbons (Fsp3) is 0.650. The van der Waals surface area contributed by atoms with E-state index < -0.39 is 18.0 Å². The van der Waals surface area contributed by atoms with Gasteiger partial charge >= 0.3 is 5.97 Å². The zero-order chi connectivity index (χ0) is 19.1. The van der Waals surface area contributed by atoms with Gasteiger partial charge in [-0.3, -0.25) is 9.59 Å². The number of aldehydes is 1. The van der Waals surface area contributed by atoms with Crippen LogP contribution in [0.25, 0.3) is 0 Å². The summed E-state index contributed by atoms with van der Waals surface area (Å²) in [5.74, 6) is -1.70. The van der Waals surface area contributed by atoms with Crippen molar-refractivity contribution in [2.75, 3.05) is 0 Å². The highest BCUT2D eigenvalue weighted by molar-refractivity contribution is 5.83. The summed E-state index contributed by atoms with van der Waals surface area (Å²) in [7, 11) is 0. The quantitative estimate of drug-likeness (QED) is 0.266. The van der Waals surface area contributed by atoms with Crippen molar-refractivity contribution in [3.8, 4) is 0 Å². The van der Waals surface area contributed by atoms with Crippen LogP contribution in [-0.2, 0) is 14.4 Å². The van der Waals surface area contributed by atoms with Crippen molar-refractivity contribution in [1.29, 1.82) is 0 Å². The molecule has 25 heavy (non-hydrogen) atoms. The Morgan fingerprint density at radius 1 is 1.08 bits per heavy atom. The van der Waals surface area contributed by atoms with Gasteiger partial charge in [-0.1, -0.05) is 50.5 Å². The maximum atomic E-state index is 11.8. The Labute approximate surface area is 150 Å². The van der Waals surface area contributed by atoms with Gasteiger partial charge in [0, 0.05) is 18.3 Å². The fourth-order valence-electron chi connectivity index (χ4n) is 2.59. The van der Waals surface area contributed by atoms with Crippen molar-refractivity contribution >= 4 is 18.0 Å². The Balaban J connectivity index is 4.43. The molecule has 0 fully saturated rings. The Morgan fingerprint density at radius 3 is 2.36 bits per heavy atom. The summed E-state index contributed by atoms with van der Waals surface area (Å²) in [5.41, 5.74) is 0. The molecule has 2 N–H and O–H groups in total. The molecule has 3 atom stereocenters. The summed E-state index contributed by atoms with van der Waals surface area (Å²) in [6.45, 7) is 3.56. The maximum Gasteiger partial charge on any atom is 0.303 e. The van der Waals surface area contributed by atoms with Crippen molar-refractivity contribution in [2.45, 2.75) is 71.3 Å². The molecule has 0 aliphatic heterocycles. The maximum absolute atomic E-state index is 11.8. The summed E-state index contributed by atoms with van der Waals surface area (Å²) >= 11 is 0. The van der Waals surface area contributed by atoms with Gasteiger partial charge in [-0.2, -0.15) is 0 Å². The third-order valence-electron chi connectivity index (χ3n) is 4.09. The van der Waals surface area contributed by atoms with Crippen LogP contribution in [0.5, 0.6) is 0 Å². The van der Waals surface area contributed by atoms with E-state index in [1.165, 1.54) is 6.92 Å². The van der Waals surface area contributed by atoms with Crippen LogP contribution in [0, 0.1) is 11.8 Å². The van der Waals surface area contributed by atoms with Crippen LogP contribution in [0.15, 0.2) is 24.3 Å². The fourth-order valence-corrected chi connectivity index (χ4v) is 2.59. The van der Waals surface area contributed by atoms with Crippen LogP contribution in [-0.4, -0.2) is 34.4 Å². The largest absolute Gasteiger partial charge is 0.481 e. The van der Waals surface area contributed by atoms with E-state index in [-0.39, 0.29) is 18.1 Å². The minimum atomic E-state index is -0.810. The first-order valence-electron chi connectivity index (χ1n) is 9.11. The van der Waals surface area contributed by atoms with Crippen LogP contribution in [0.1, 0.15) is 65.2 Å². The average molecular weight is 352 g/mol. The van der Waals surface area contributed by atoms with Crippen LogP contribution in [0.3, 0.4) is 0 Å². The van der Waals surface area contributed by atoms with E-state index in [1.54, 1.807) is 18.2 Å². The standard InChI is InChI=1S/C20H32O5/c1-3-4-7-10-17(15-21)19(16(2)22)14-13-18(23)11-8-5-6-9-12-20(24)25/h5,8,13-15,17-19,23H,3-4,6-7,9-12H2,1-2H3,(H,24,25)/b8-5-,14-13+/t17-,18+,19+/m0/s1. The topological polar surface area (TPSA) is 91.7 Å². The molecular formula is C20H32O5. The molecule has 142 valence electrons. The summed E-state index contributed by atoms with van der Waals surface area (Å²) < 4.78 is 0. The molecule has 0 aromatic carbocycles. The first kappa shape index (κ1) is 23.2. The van der Waals surface area contributed by atoms with E-state index in [0.717, 1.165) is 25.5 Å². The van der Waals surface area contributed by atoms with Gasteiger partial charge in [0.05, 0.1) is 6.10 Å². The molecule has 0 bridgehead atoms. The van der Waals surface area contributed by atoms with E-state index in [0.29, 0.717) is 25.7 Å². The molecule has 0 aliphatic rings. The molecule has 0 radical (unpaired) electrons. The summed E-state index contributed by atoms with van der Waals surface area (Å²) in [6.07, 6.45) is 12.5. The lowest BCUT2D eigenvalue weighted by molar-refractivity contribution is -0.137. The SMILES string of the molecule is CCCCC[C@@H](C=O)[C@H](/C=C/[C@H](O)C/C=C\CCCC(=O)O)C(C)=O. The predicted molar refractivity (Wildman–Crippen MR) is 98.3 cm³/mol.